The van der Waals surface area contributed by atoms with E-state index in [9.17, 15) is 5.11 Å². The van der Waals surface area contributed by atoms with Crippen LogP contribution < -0.4 is 0 Å². The van der Waals surface area contributed by atoms with Crippen LogP contribution in [0.4, 0.5) is 0 Å². The van der Waals surface area contributed by atoms with E-state index in [-0.39, 0.29) is 6.10 Å². The van der Waals surface area contributed by atoms with Crippen LogP contribution in [0.2, 0.25) is 0 Å². The fourth-order valence-electron chi connectivity index (χ4n) is 5.19. The molecule has 3 aliphatic rings. The van der Waals surface area contributed by atoms with Gasteiger partial charge in [0.25, 0.3) is 0 Å². The van der Waals surface area contributed by atoms with Crippen molar-refractivity contribution in [3.63, 3.8) is 0 Å². The van der Waals surface area contributed by atoms with E-state index in [2.05, 4.69) is 19.9 Å². The van der Waals surface area contributed by atoms with Crippen molar-refractivity contribution in [2.45, 2.75) is 58.5 Å². The molecule has 1 heteroatoms. The van der Waals surface area contributed by atoms with Crippen molar-refractivity contribution in [3.8, 4) is 0 Å². The summed E-state index contributed by atoms with van der Waals surface area (Å²) in [5.41, 5.74) is 2.46. The minimum Gasteiger partial charge on any atom is -0.389 e. The van der Waals surface area contributed by atoms with Gasteiger partial charge in [0, 0.05) is 0 Å². The molecule has 1 nitrogen and oxygen atoms in total. The van der Waals surface area contributed by atoms with E-state index >= 15 is 0 Å². The van der Waals surface area contributed by atoms with E-state index < -0.39 is 0 Å². The lowest BCUT2D eigenvalue weighted by molar-refractivity contribution is 0.0274. The van der Waals surface area contributed by atoms with E-state index in [1.165, 1.54) is 37.7 Å². The minimum absolute atomic E-state index is 0.170. The van der Waals surface area contributed by atoms with Gasteiger partial charge in [-0.2, -0.15) is 0 Å². The van der Waals surface area contributed by atoms with E-state index in [0.29, 0.717) is 10.8 Å². The summed E-state index contributed by atoms with van der Waals surface area (Å²) in [6.45, 7) is 4.68. The van der Waals surface area contributed by atoms with Gasteiger partial charge in [-0.3, -0.25) is 0 Å². The first-order valence-electron chi connectivity index (χ1n) is 6.48. The molecule has 0 amide bonds. The second-order valence-corrected chi connectivity index (χ2v) is 6.15. The van der Waals surface area contributed by atoms with Crippen molar-refractivity contribution in [1.29, 1.82) is 0 Å². The molecule has 84 valence electrons. The maximum atomic E-state index is 10.0. The molecule has 0 aromatic rings. The molecule has 0 heterocycles. The average Bonchev–Trinajstić information content (AvgIpc) is 2.65. The molecule has 3 rings (SSSR count). The van der Waals surface area contributed by atoms with E-state index in [4.69, 9.17) is 0 Å². The highest BCUT2D eigenvalue weighted by molar-refractivity contribution is 5.29. The zero-order valence-corrected chi connectivity index (χ0v) is 9.92. The second-order valence-electron chi connectivity index (χ2n) is 6.15. The Labute approximate surface area is 92.6 Å². The van der Waals surface area contributed by atoms with E-state index in [0.717, 1.165) is 12.3 Å². The van der Waals surface area contributed by atoms with Crippen molar-refractivity contribution in [2.75, 3.05) is 0 Å². The molecule has 0 spiro atoms. The fraction of sp³-hybridized carbons (Fsp3) is 0.857. The summed E-state index contributed by atoms with van der Waals surface area (Å²) < 4.78 is 0. The Kier molecular flexibility index (Phi) is 1.90. The zero-order chi connectivity index (χ0) is 10.7. The summed E-state index contributed by atoms with van der Waals surface area (Å²) in [5, 5.41) is 10.0. The largest absolute Gasteiger partial charge is 0.389 e. The smallest absolute Gasteiger partial charge is 0.0729 e. The summed E-state index contributed by atoms with van der Waals surface area (Å²) in [6.07, 6.45) is 9.87. The molecule has 3 aliphatic carbocycles. The lowest BCUT2D eigenvalue weighted by Gasteiger charge is -2.48. The maximum absolute atomic E-state index is 10.0. The molecule has 2 saturated carbocycles. The predicted octanol–water partition coefficient (Wildman–Crippen LogP) is 3.28. The third-order valence-corrected chi connectivity index (χ3v) is 5.90. The van der Waals surface area contributed by atoms with Crippen LogP contribution in [-0.4, -0.2) is 11.2 Å². The minimum atomic E-state index is -0.170. The number of rotatable bonds is 0. The fourth-order valence-corrected chi connectivity index (χ4v) is 5.19. The monoisotopic (exact) mass is 206 g/mol. The zero-order valence-electron chi connectivity index (χ0n) is 9.92. The number of hydrogen-bond acceptors (Lipinski definition) is 1. The Bertz CT molecular complexity index is 319. The first kappa shape index (κ1) is 9.89. The van der Waals surface area contributed by atoms with Crippen molar-refractivity contribution < 1.29 is 5.11 Å². The second kappa shape index (κ2) is 2.88. The number of aliphatic hydroxyl groups excluding tert-OH is 1. The summed E-state index contributed by atoms with van der Waals surface area (Å²) in [7, 11) is 0. The normalized spacial score (nSPS) is 53.7. The summed E-state index contributed by atoms with van der Waals surface area (Å²) >= 11 is 0. The van der Waals surface area contributed by atoms with Crippen LogP contribution >= 0.6 is 0 Å². The molecular formula is C14H22O. The summed E-state index contributed by atoms with van der Waals surface area (Å²) in [6, 6.07) is 0. The molecule has 0 aromatic carbocycles. The number of allylic oxidation sites excluding steroid dienone is 1. The molecule has 1 unspecified atom stereocenters. The van der Waals surface area contributed by atoms with Gasteiger partial charge in [-0.25, -0.2) is 0 Å². The first-order valence-corrected chi connectivity index (χ1v) is 6.48. The van der Waals surface area contributed by atoms with Crippen LogP contribution in [0.1, 0.15) is 52.4 Å². The molecule has 0 aliphatic heterocycles. The Morgan fingerprint density at radius 1 is 1.33 bits per heavy atom. The van der Waals surface area contributed by atoms with Crippen LogP contribution in [-0.2, 0) is 0 Å². The molecule has 0 saturated heterocycles. The quantitative estimate of drug-likeness (QED) is 0.603. The van der Waals surface area contributed by atoms with Gasteiger partial charge in [0.1, 0.15) is 0 Å². The van der Waals surface area contributed by atoms with Gasteiger partial charge in [0.15, 0.2) is 0 Å². The molecular weight excluding hydrogens is 184 g/mol. The Morgan fingerprint density at radius 2 is 2.13 bits per heavy atom. The standard InChI is InChI=1S/C14H22O/c1-10-4-7-13-5-3-6-14(10,13)9-12(15)8-11(13)2/h8,10,12,15H,3-7,9H2,1-2H3/t10?,12-,13+,14-/m1/s1. The highest BCUT2D eigenvalue weighted by atomic mass is 16.3. The molecule has 0 bridgehead atoms. The highest BCUT2D eigenvalue weighted by Crippen LogP contribution is 2.71. The molecule has 2 fully saturated rings. The summed E-state index contributed by atoms with van der Waals surface area (Å²) in [5.74, 6) is 0.818. The Morgan fingerprint density at radius 3 is 2.93 bits per heavy atom. The molecule has 15 heavy (non-hydrogen) atoms. The predicted molar refractivity (Wildman–Crippen MR) is 61.5 cm³/mol. The van der Waals surface area contributed by atoms with Crippen LogP contribution in [0, 0.1) is 16.7 Å². The SMILES string of the molecule is CC1=C[C@@H](O)C[C@@]23CCC[C@]12CCC3C. The van der Waals surface area contributed by atoms with Crippen LogP contribution in [0.5, 0.6) is 0 Å². The van der Waals surface area contributed by atoms with E-state index in [1.54, 1.807) is 0 Å². The van der Waals surface area contributed by atoms with Crippen molar-refractivity contribution in [3.05, 3.63) is 11.6 Å². The van der Waals surface area contributed by atoms with Gasteiger partial charge in [-0.15, -0.1) is 0 Å². The Balaban J connectivity index is 2.14. The first-order chi connectivity index (χ1) is 7.11. The van der Waals surface area contributed by atoms with Gasteiger partial charge >= 0.3 is 0 Å². The number of hydrogen-bond donors (Lipinski definition) is 1. The van der Waals surface area contributed by atoms with Gasteiger partial charge in [0.05, 0.1) is 6.10 Å². The van der Waals surface area contributed by atoms with Gasteiger partial charge < -0.3 is 5.11 Å². The molecule has 0 aromatic heterocycles. The van der Waals surface area contributed by atoms with Gasteiger partial charge in [-0.05, 0) is 55.8 Å². The van der Waals surface area contributed by atoms with Crippen molar-refractivity contribution in [2.24, 2.45) is 16.7 Å². The van der Waals surface area contributed by atoms with Crippen LogP contribution in [0.15, 0.2) is 11.6 Å². The van der Waals surface area contributed by atoms with E-state index in [1.807, 2.05) is 0 Å². The maximum Gasteiger partial charge on any atom is 0.0729 e. The van der Waals surface area contributed by atoms with Crippen molar-refractivity contribution in [1.82, 2.24) is 0 Å². The van der Waals surface area contributed by atoms with Crippen LogP contribution in [0.25, 0.3) is 0 Å². The third kappa shape index (κ3) is 0.982. The Hall–Kier alpha value is -0.300. The lowest BCUT2D eigenvalue weighted by atomic mass is 9.56. The van der Waals surface area contributed by atoms with Gasteiger partial charge in [-0.1, -0.05) is 25.0 Å². The van der Waals surface area contributed by atoms with Gasteiger partial charge in [0.2, 0.25) is 0 Å². The van der Waals surface area contributed by atoms with Crippen molar-refractivity contribution >= 4 is 0 Å². The lowest BCUT2D eigenvalue weighted by Crippen LogP contribution is -2.43. The molecule has 4 atom stereocenters. The highest BCUT2D eigenvalue weighted by Gasteiger charge is 2.62. The topological polar surface area (TPSA) is 20.2 Å². The third-order valence-electron chi connectivity index (χ3n) is 5.90. The molecule has 0 radical (unpaired) electrons. The summed E-state index contributed by atoms with van der Waals surface area (Å²) in [4.78, 5) is 0. The molecule has 1 N–H and O–H groups in total. The number of aliphatic hydroxyl groups is 1. The average molecular weight is 206 g/mol. The van der Waals surface area contributed by atoms with Crippen LogP contribution in [0.3, 0.4) is 0 Å².